The molecule has 19 heavy (non-hydrogen) atoms. The van der Waals surface area contributed by atoms with Gasteiger partial charge in [0.15, 0.2) is 0 Å². The van der Waals surface area contributed by atoms with Crippen molar-refractivity contribution in [2.45, 2.75) is 31.6 Å². The number of hydrogen-bond donors (Lipinski definition) is 2. The minimum atomic E-state index is 0.483. The Labute approximate surface area is 118 Å². The molecule has 0 saturated heterocycles. The van der Waals surface area contributed by atoms with Gasteiger partial charge >= 0.3 is 0 Å². The molecule has 3 rings (SSSR count). The average Bonchev–Trinajstić information content (AvgIpc) is 3.21. The van der Waals surface area contributed by atoms with Crippen molar-refractivity contribution < 1.29 is 0 Å². The van der Waals surface area contributed by atoms with E-state index in [1.165, 1.54) is 40.5 Å². The van der Waals surface area contributed by atoms with Gasteiger partial charge in [-0.3, -0.25) is 0 Å². The molecule has 100 valence electrons. The summed E-state index contributed by atoms with van der Waals surface area (Å²) < 4.78 is 4.29. The molecular weight excluding hydrogens is 254 g/mol. The Morgan fingerprint density at radius 2 is 2.11 bits per heavy atom. The Balaban J connectivity index is 1.66. The Morgan fingerprint density at radius 3 is 2.79 bits per heavy atom. The molecule has 0 bridgehead atoms. The highest BCUT2D eigenvalue weighted by Crippen LogP contribution is 2.47. The van der Waals surface area contributed by atoms with E-state index >= 15 is 0 Å². The summed E-state index contributed by atoms with van der Waals surface area (Å²) in [6.07, 6.45) is 2.51. The molecule has 3 nitrogen and oxygen atoms in total. The molecule has 1 aromatic heterocycles. The van der Waals surface area contributed by atoms with Crippen LogP contribution in [-0.4, -0.2) is 10.9 Å². The van der Waals surface area contributed by atoms with Gasteiger partial charge in [-0.1, -0.05) is 37.3 Å². The van der Waals surface area contributed by atoms with E-state index in [1.54, 1.807) is 0 Å². The van der Waals surface area contributed by atoms with E-state index < -0.39 is 0 Å². The van der Waals surface area contributed by atoms with Gasteiger partial charge in [-0.15, -0.1) is 0 Å². The standard InChI is InChI=1S/C15H19N3S/c1-10(11-5-3-2-4-6-11)9-17-15-13(12-7-8-12)14(16)18-19-15/h2-6,10,12,17H,7-9H2,1H3,(H2,16,18). The lowest BCUT2D eigenvalue weighted by Crippen LogP contribution is -2.10. The zero-order valence-corrected chi connectivity index (χ0v) is 11.9. The molecule has 1 aliphatic carbocycles. The minimum absolute atomic E-state index is 0.483. The molecule has 1 heterocycles. The van der Waals surface area contributed by atoms with E-state index in [4.69, 9.17) is 5.73 Å². The van der Waals surface area contributed by atoms with E-state index in [2.05, 4.69) is 46.9 Å². The number of benzene rings is 1. The molecule has 4 heteroatoms. The summed E-state index contributed by atoms with van der Waals surface area (Å²) in [6, 6.07) is 10.6. The van der Waals surface area contributed by atoms with Gasteiger partial charge in [0.25, 0.3) is 0 Å². The lowest BCUT2D eigenvalue weighted by Gasteiger charge is -2.13. The van der Waals surface area contributed by atoms with Crippen LogP contribution in [0.15, 0.2) is 30.3 Å². The van der Waals surface area contributed by atoms with Crippen molar-refractivity contribution >= 4 is 22.4 Å². The van der Waals surface area contributed by atoms with E-state index in [-0.39, 0.29) is 0 Å². The zero-order valence-electron chi connectivity index (χ0n) is 11.1. The predicted octanol–water partition coefficient (Wildman–Crippen LogP) is 3.82. The Kier molecular flexibility index (Phi) is 3.42. The molecule has 3 N–H and O–H groups in total. The fourth-order valence-electron chi connectivity index (χ4n) is 2.35. The van der Waals surface area contributed by atoms with Crippen LogP contribution in [0.5, 0.6) is 0 Å². The molecule has 0 radical (unpaired) electrons. The molecule has 1 atom stereocenters. The van der Waals surface area contributed by atoms with Gasteiger partial charge in [0.05, 0.1) is 0 Å². The van der Waals surface area contributed by atoms with E-state index in [9.17, 15) is 0 Å². The topological polar surface area (TPSA) is 50.9 Å². The van der Waals surface area contributed by atoms with Gasteiger partial charge in [-0.25, -0.2) is 0 Å². The number of nitrogen functional groups attached to an aromatic ring is 1. The van der Waals surface area contributed by atoms with Crippen molar-refractivity contribution in [2.75, 3.05) is 17.6 Å². The van der Waals surface area contributed by atoms with Gasteiger partial charge < -0.3 is 11.1 Å². The van der Waals surface area contributed by atoms with E-state index in [0.29, 0.717) is 11.8 Å². The molecule has 1 aromatic carbocycles. The molecule has 0 amide bonds. The SMILES string of the molecule is CC(CNc1snc(N)c1C1CC1)c1ccccc1. The minimum Gasteiger partial charge on any atom is -0.383 e. The summed E-state index contributed by atoms with van der Waals surface area (Å²) >= 11 is 1.50. The summed E-state index contributed by atoms with van der Waals surface area (Å²) in [5.74, 6) is 1.85. The molecule has 0 aliphatic heterocycles. The van der Waals surface area contributed by atoms with Gasteiger partial charge in [0.2, 0.25) is 0 Å². The van der Waals surface area contributed by atoms with Crippen LogP contribution in [-0.2, 0) is 0 Å². The lowest BCUT2D eigenvalue weighted by molar-refractivity contribution is 0.805. The van der Waals surface area contributed by atoms with Crippen LogP contribution in [0.4, 0.5) is 10.8 Å². The van der Waals surface area contributed by atoms with Gasteiger partial charge in [-0.05, 0) is 41.8 Å². The maximum Gasteiger partial charge on any atom is 0.142 e. The summed E-state index contributed by atoms with van der Waals surface area (Å²) in [4.78, 5) is 0. The lowest BCUT2D eigenvalue weighted by atomic mass is 10.0. The quantitative estimate of drug-likeness (QED) is 0.870. The number of nitrogens with two attached hydrogens (primary N) is 1. The average molecular weight is 273 g/mol. The molecule has 0 spiro atoms. The van der Waals surface area contributed by atoms with Crippen LogP contribution < -0.4 is 11.1 Å². The van der Waals surface area contributed by atoms with Crippen LogP contribution in [0, 0.1) is 0 Å². The van der Waals surface area contributed by atoms with Crippen molar-refractivity contribution in [1.29, 1.82) is 0 Å². The van der Waals surface area contributed by atoms with Crippen molar-refractivity contribution in [3.8, 4) is 0 Å². The first kappa shape index (κ1) is 12.5. The van der Waals surface area contributed by atoms with Crippen molar-refractivity contribution in [2.24, 2.45) is 0 Å². The first-order valence-corrected chi connectivity index (χ1v) is 7.57. The predicted molar refractivity (Wildman–Crippen MR) is 81.8 cm³/mol. The second-order valence-corrected chi connectivity index (χ2v) is 6.05. The second-order valence-electron chi connectivity index (χ2n) is 5.28. The molecule has 1 unspecified atom stereocenters. The third-order valence-electron chi connectivity index (χ3n) is 3.68. The maximum absolute atomic E-state index is 5.96. The van der Waals surface area contributed by atoms with Crippen LogP contribution >= 0.6 is 11.5 Å². The summed E-state index contributed by atoms with van der Waals surface area (Å²) in [7, 11) is 0. The van der Waals surface area contributed by atoms with Crippen molar-refractivity contribution in [3.05, 3.63) is 41.5 Å². The highest BCUT2D eigenvalue weighted by molar-refractivity contribution is 7.10. The largest absolute Gasteiger partial charge is 0.383 e. The molecule has 2 aromatic rings. The maximum atomic E-state index is 5.96. The first-order chi connectivity index (χ1) is 9.25. The molecule has 1 saturated carbocycles. The number of aromatic nitrogens is 1. The van der Waals surface area contributed by atoms with Crippen molar-refractivity contribution in [3.63, 3.8) is 0 Å². The fraction of sp³-hybridized carbons (Fsp3) is 0.400. The normalized spacial score (nSPS) is 16.3. The molecule has 1 fully saturated rings. The van der Waals surface area contributed by atoms with Gasteiger partial charge in [-0.2, -0.15) is 4.37 Å². The summed E-state index contributed by atoms with van der Waals surface area (Å²) in [6.45, 7) is 3.16. The Bertz CT molecular complexity index is 546. The van der Waals surface area contributed by atoms with E-state index in [0.717, 1.165) is 12.4 Å². The summed E-state index contributed by atoms with van der Waals surface area (Å²) in [5.41, 5.74) is 8.58. The third kappa shape index (κ3) is 2.73. The zero-order chi connectivity index (χ0) is 13.2. The number of hydrogen-bond acceptors (Lipinski definition) is 4. The Morgan fingerprint density at radius 1 is 1.37 bits per heavy atom. The number of anilines is 2. The highest BCUT2D eigenvalue weighted by Gasteiger charge is 2.30. The number of nitrogens with one attached hydrogen (secondary N) is 1. The van der Waals surface area contributed by atoms with Crippen LogP contribution in [0.25, 0.3) is 0 Å². The van der Waals surface area contributed by atoms with Gasteiger partial charge in [0, 0.05) is 12.1 Å². The van der Waals surface area contributed by atoms with Crippen LogP contribution in [0.1, 0.15) is 42.7 Å². The molecular formula is C15H19N3S. The smallest absolute Gasteiger partial charge is 0.142 e. The van der Waals surface area contributed by atoms with Crippen molar-refractivity contribution in [1.82, 2.24) is 4.37 Å². The Hall–Kier alpha value is -1.55. The highest BCUT2D eigenvalue weighted by atomic mass is 32.1. The number of nitrogens with zero attached hydrogens (tertiary/aromatic N) is 1. The van der Waals surface area contributed by atoms with Gasteiger partial charge in [0.1, 0.15) is 10.8 Å². The van der Waals surface area contributed by atoms with Crippen LogP contribution in [0.2, 0.25) is 0 Å². The summed E-state index contributed by atoms with van der Waals surface area (Å²) in [5, 5.41) is 4.70. The fourth-order valence-corrected chi connectivity index (χ4v) is 3.15. The van der Waals surface area contributed by atoms with E-state index in [1.807, 2.05) is 0 Å². The number of rotatable bonds is 5. The molecule has 1 aliphatic rings. The third-order valence-corrected chi connectivity index (χ3v) is 4.51. The monoisotopic (exact) mass is 273 g/mol. The first-order valence-electron chi connectivity index (χ1n) is 6.79. The van der Waals surface area contributed by atoms with Crippen LogP contribution in [0.3, 0.4) is 0 Å². The second kappa shape index (κ2) is 5.21.